The molecule has 0 bridgehead atoms. The van der Waals surface area contributed by atoms with Gasteiger partial charge in [-0.25, -0.2) is 0 Å². The zero-order valence-electron chi connectivity index (χ0n) is 15.1. The molecule has 1 saturated carbocycles. The lowest BCUT2D eigenvalue weighted by Gasteiger charge is -2.35. The molecule has 6 nitrogen and oxygen atoms in total. The Labute approximate surface area is 144 Å². The Hall–Kier alpha value is -1.82. The zero-order chi connectivity index (χ0) is 17.8. The molecular weight excluding hydrogens is 306 g/mol. The number of hydrogen-bond donors (Lipinski definition) is 1. The van der Waals surface area contributed by atoms with Crippen LogP contribution < -0.4 is 0 Å². The molecule has 0 heterocycles. The Kier molecular flexibility index (Phi) is 5.70. The first-order valence-corrected chi connectivity index (χ1v) is 8.66. The largest absolute Gasteiger partial charge is 0.569 e. The minimum atomic E-state index is -0.806. The molecule has 0 saturated heterocycles. The van der Waals surface area contributed by atoms with E-state index in [0.717, 1.165) is 5.56 Å². The van der Waals surface area contributed by atoms with Gasteiger partial charge in [-0.1, -0.05) is 30.3 Å². The fourth-order valence-electron chi connectivity index (χ4n) is 3.21. The molecule has 134 valence electrons. The van der Waals surface area contributed by atoms with Crippen LogP contribution in [0, 0.1) is 5.21 Å². The third-order valence-electron chi connectivity index (χ3n) is 4.62. The molecule has 0 spiro atoms. The molecule has 2 rings (SSSR count). The van der Waals surface area contributed by atoms with Crippen LogP contribution >= 0.6 is 0 Å². The van der Waals surface area contributed by atoms with Crippen molar-refractivity contribution in [2.24, 2.45) is 5.28 Å². The van der Waals surface area contributed by atoms with Crippen molar-refractivity contribution < 1.29 is 14.9 Å². The Morgan fingerprint density at radius 1 is 1.29 bits per heavy atom. The predicted molar refractivity (Wildman–Crippen MR) is 91.9 cm³/mol. The Bertz CT molecular complexity index is 546. The molecule has 1 fully saturated rings. The van der Waals surface area contributed by atoms with E-state index in [2.05, 4.69) is 5.28 Å². The van der Waals surface area contributed by atoms with Crippen LogP contribution in [-0.2, 0) is 10.4 Å². The van der Waals surface area contributed by atoms with E-state index >= 15 is 0 Å². The number of hydrogen-bond acceptors (Lipinski definition) is 4. The highest BCUT2D eigenvalue weighted by atomic mass is 16.7. The summed E-state index contributed by atoms with van der Waals surface area (Å²) in [4.78, 5) is 5.98. The summed E-state index contributed by atoms with van der Waals surface area (Å²) >= 11 is 0. The zero-order valence-corrected chi connectivity index (χ0v) is 15.1. The lowest BCUT2D eigenvalue weighted by molar-refractivity contribution is -0.725. The first-order valence-electron chi connectivity index (χ1n) is 8.66. The molecule has 1 aromatic carbocycles. The first kappa shape index (κ1) is 18.5. The van der Waals surface area contributed by atoms with Gasteiger partial charge in [-0.15, -0.1) is 5.01 Å². The molecule has 1 aliphatic rings. The van der Waals surface area contributed by atoms with Gasteiger partial charge in [0.2, 0.25) is 5.28 Å². The minimum absolute atomic E-state index is 0.135. The predicted octanol–water partition coefficient (Wildman–Crippen LogP) is 3.75. The van der Waals surface area contributed by atoms with Gasteiger partial charge in [0.05, 0.1) is 22.7 Å². The van der Waals surface area contributed by atoms with Crippen molar-refractivity contribution in [3.05, 3.63) is 41.1 Å². The molecular formula is C18H29N3O3. The number of benzene rings is 1. The second-order valence-electron chi connectivity index (χ2n) is 7.42. The van der Waals surface area contributed by atoms with Gasteiger partial charge in [0.1, 0.15) is 6.10 Å². The van der Waals surface area contributed by atoms with Crippen molar-refractivity contribution in [2.75, 3.05) is 6.54 Å². The lowest BCUT2D eigenvalue weighted by Crippen LogP contribution is -2.45. The van der Waals surface area contributed by atoms with Crippen LogP contribution in [0.3, 0.4) is 0 Å². The van der Waals surface area contributed by atoms with Gasteiger partial charge in [-0.3, -0.25) is 0 Å². The van der Waals surface area contributed by atoms with Crippen molar-refractivity contribution in [1.82, 2.24) is 5.01 Å². The monoisotopic (exact) mass is 335 g/mol. The van der Waals surface area contributed by atoms with Gasteiger partial charge in [0.25, 0.3) is 0 Å². The molecule has 0 radical (unpaired) electrons. The van der Waals surface area contributed by atoms with Crippen LogP contribution in [-0.4, -0.2) is 33.3 Å². The van der Waals surface area contributed by atoms with E-state index in [1.165, 1.54) is 0 Å². The molecule has 0 amide bonds. The third-order valence-corrected chi connectivity index (χ3v) is 4.62. The summed E-state index contributed by atoms with van der Waals surface area (Å²) in [5.74, 6) is 0. The molecule has 0 aliphatic heterocycles. The van der Waals surface area contributed by atoms with Gasteiger partial charge in [0, 0.05) is 0 Å². The van der Waals surface area contributed by atoms with E-state index in [4.69, 9.17) is 4.84 Å². The molecule has 1 aromatic rings. The minimum Gasteiger partial charge on any atom is -0.569 e. The second kappa shape index (κ2) is 7.38. The standard InChI is InChI=1S/C18H29N3O3/c1-5-20(17(2,3)4)21(23)19-24-16-11-13-18(22,14-12-16)15-9-7-6-8-10-15/h6-10,16,22H,5,11-14H2,1-4H3/b21-19-. The van der Waals surface area contributed by atoms with Gasteiger partial charge in [0.15, 0.2) is 0 Å². The van der Waals surface area contributed by atoms with E-state index in [-0.39, 0.29) is 11.6 Å². The lowest BCUT2D eigenvalue weighted by atomic mass is 9.78. The topological polar surface area (TPSA) is 71.1 Å². The highest BCUT2D eigenvalue weighted by Gasteiger charge is 2.36. The van der Waals surface area contributed by atoms with Crippen LogP contribution in [0.1, 0.15) is 58.9 Å². The maximum absolute atomic E-state index is 12.1. The fourth-order valence-corrected chi connectivity index (χ4v) is 3.21. The average molecular weight is 335 g/mol. The summed E-state index contributed by atoms with van der Waals surface area (Å²) in [5, 5.41) is 28.2. The molecule has 24 heavy (non-hydrogen) atoms. The van der Waals surface area contributed by atoms with Crippen LogP contribution in [0.2, 0.25) is 0 Å². The van der Waals surface area contributed by atoms with Crippen LogP contribution in [0.4, 0.5) is 0 Å². The average Bonchev–Trinajstić information content (AvgIpc) is 2.54. The first-order chi connectivity index (χ1) is 11.3. The van der Waals surface area contributed by atoms with Crippen LogP contribution in [0.25, 0.3) is 0 Å². The summed E-state index contributed by atoms with van der Waals surface area (Å²) in [5.41, 5.74) is -0.182. The molecule has 6 heteroatoms. The van der Waals surface area contributed by atoms with Crippen molar-refractivity contribution in [3.8, 4) is 0 Å². The fraction of sp³-hybridized carbons (Fsp3) is 0.667. The summed E-state index contributed by atoms with van der Waals surface area (Å²) < 4.78 is 0. The Morgan fingerprint density at radius 2 is 1.88 bits per heavy atom. The SMILES string of the molecule is CCN(/[N+]([O-])=N/OC1CCC(O)(c2ccccc2)CC1)C(C)(C)C. The molecule has 0 unspecified atom stereocenters. The normalized spacial score (nSPS) is 25.4. The van der Waals surface area contributed by atoms with Crippen molar-refractivity contribution >= 4 is 0 Å². The highest BCUT2D eigenvalue weighted by molar-refractivity contribution is 5.22. The van der Waals surface area contributed by atoms with E-state index in [9.17, 15) is 10.3 Å². The van der Waals surface area contributed by atoms with Crippen LogP contribution in [0.5, 0.6) is 0 Å². The van der Waals surface area contributed by atoms with Crippen molar-refractivity contribution in [1.29, 1.82) is 0 Å². The maximum Gasteiger partial charge on any atom is 0.233 e. The molecule has 1 aliphatic carbocycles. The Morgan fingerprint density at radius 3 is 2.38 bits per heavy atom. The smallest absolute Gasteiger partial charge is 0.233 e. The van der Waals surface area contributed by atoms with Crippen LogP contribution in [0.15, 0.2) is 35.6 Å². The summed E-state index contributed by atoms with van der Waals surface area (Å²) in [6.07, 6.45) is 2.41. The van der Waals surface area contributed by atoms with E-state index in [1.807, 2.05) is 58.0 Å². The number of nitrogens with zero attached hydrogens (tertiary/aromatic N) is 3. The van der Waals surface area contributed by atoms with Crippen molar-refractivity contribution in [3.63, 3.8) is 0 Å². The van der Waals surface area contributed by atoms with E-state index in [0.29, 0.717) is 37.2 Å². The summed E-state index contributed by atoms with van der Waals surface area (Å²) in [6, 6.07) is 9.72. The number of rotatable bonds is 5. The summed E-state index contributed by atoms with van der Waals surface area (Å²) in [6.45, 7) is 8.33. The van der Waals surface area contributed by atoms with E-state index in [1.54, 1.807) is 5.01 Å². The third kappa shape index (κ3) is 4.38. The van der Waals surface area contributed by atoms with E-state index < -0.39 is 5.60 Å². The molecule has 0 atom stereocenters. The quantitative estimate of drug-likeness (QED) is 0.505. The van der Waals surface area contributed by atoms with Gasteiger partial charge < -0.3 is 15.2 Å². The molecule has 1 N–H and O–H groups in total. The van der Waals surface area contributed by atoms with Crippen molar-refractivity contribution in [2.45, 2.75) is 70.6 Å². The van der Waals surface area contributed by atoms with Gasteiger partial charge >= 0.3 is 0 Å². The second-order valence-corrected chi connectivity index (χ2v) is 7.42. The maximum atomic E-state index is 12.1. The Balaban J connectivity index is 1.92. The van der Waals surface area contributed by atoms with Gasteiger partial charge in [-0.2, -0.15) is 0 Å². The highest BCUT2D eigenvalue weighted by Crippen LogP contribution is 2.37. The van der Waals surface area contributed by atoms with Gasteiger partial charge in [-0.05, 0) is 58.9 Å². The molecule has 0 aromatic heterocycles. The summed E-state index contributed by atoms with van der Waals surface area (Å²) in [7, 11) is 0. The number of aliphatic hydroxyl groups is 1. The number of hydrazine groups is 1.